The molecule has 0 saturated carbocycles. The van der Waals surface area contributed by atoms with Crippen molar-refractivity contribution in [3.8, 4) is 11.1 Å². The van der Waals surface area contributed by atoms with Gasteiger partial charge >= 0.3 is 0 Å². The van der Waals surface area contributed by atoms with E-state index in [1.54, 1.807) is 41.6 Å². The smallest absolute Gasteiger partial charge is 0.258 e. The first-order valence-corrected chi connectivity index (χ1v) is 10.1. The van der Waals surface area contributed by atoms with E-state index in [1.165, 1.54) is 22.6 Å². The highest BCUT2D eigenvalue weighted by molar-refractivity contribution is 7.98. The third kappa shape index (κ3) is 3.56. The summed E-state index contributed by atoms with van der Waals surface area (Å²) in [6, 6.07) is 16.9. The Morgan fingerprint density at radius 2 is 1.81 bits per heavy atom. The first-order valence-electron chi connectivity index (χ1n) is 8.29. The van der Waals surface area contributed by atoms with E-state index in [-0.39, 0.29) is 10.6 Å². The lowest BCUT2D eigenvalue weighted by atomic mass is 10.0. The van der Waals surface area contributed by atoms with Crippen molar-refractivity contribution in [2.45, 2.75) is 17.7 Å². The molecule has 2 aromatic heterocycles. The highest BCUT2D eigenvalue weighted by Gasteiger charge is 2.17. The number of aryl methyl sites for hydroxylation is 1. The normalized spacial score (nSPS) is 11.0. The number of hydrogen-bond acceptors (Lipinski definition) is 6. The molecule has 0 saturated heterocycles. The number of hydrogen-bond donors (Lipinski definition) is 0. The second-order valence-electron chi connectivity index (χ2n) is 5.97. The SMILES string of the molecule is Cc1sc2ncnc(SCc3ccc([N+](=O)[O-])cc3)c2c1-c1ccccc1. The van der Waals surface area contributed by atoms with Crippen molar-refractivity contribution >= 4 is 39.0 Å². The Labute approximate surface area is 164 Å². The summed E-state index contributed by atoms with van der Waals surface area (Å²) in [7, 11) is 0. The molecule has 0 aliphatic heterocycles. The van der Waals surface area contributed by atoms with Gasteiger partial charge in [0.05, 0.1) is 10.3 Å². The van der Waals surface area contributed by atoms with Crippen LogP contribution in [0.3, 0.4) is 0 Å². The Morgan fingerprint density at radius 3 is 2.52 bits per heavy atom. The molecule has 27 heavy (non-hydrogen) atoms. The van der Waals surface area contributed by atoms with E-state index in [4.69, 9.17) is 0 Å². The number of nitrogens with zero attached hydrogens (tertiary/aromatic N) is 3. The molecule has 0 radical (unpaired) electrons. The van der Waals surface area contributed by atoms with Crippen LogP contribution < -0.4 is 0 Å². The van der Waals surface area contributed by atoms with Crippen LogP contribution in [0.1, 0.15) is 10.4 Å². The molecule has 134 valence electrons. The van der Waals surface area contributed by atoms with Crippen molar-refractivity contribution in [3.05, 3.63) is 81.5 Å². The maximum absolute atomic E-state index is 10.8. The average Bonchev–Trinajstić information content (AvgIpc) is 3.03. The summed E-state index contributed by atoms with van der Waals surface area (Å²) in [5.74, 6) is 0.688. The largest absolute Gasteiger partial charge is 0.269 e. The van der Waals surface area contributed by atoms with Crippen LogP contribution >= 0.6 is 23.1 Å². The Morgan fingerprint density at radius 1 is 1.07 bits per heavy atom. The number of thiophene rings is 1. The highest BCUT2D eigenvalue weighted by Crippen LogP contribution is 2.41. The molecule has 0 N–H and O–H groups in total. The number of nitro groups is 1. The van der Waals surface area contributed by atoms with Gasteiger partial charge in [0.15, 0.2) is 0 Å². The van der Waals surface area contributed by atoms with Gasteiger partial charge in [0, 0.05) is 28.3 Å². The Bertz CT molecular complexity index is 1110. The van der Waals surface area contributed by atoms with Crippen LogP contribution in [0, 0.1) is 17.0 Å². The van der Waals surface area contributed by atoms with Crippen LogP contribution in [0.15, 0.2) is 66.0 Å². The second-order valence-corrected chi connectivity index (χ2v) is 8.14. The number of fused-ring (bicyclic) bond motifs is 1. The number of non-ortho nitro benzene ring substituents is 1. The molecule has 0 fully saturated rings. The molecule has 5 nitrogen and oxygen atoms in total. The minimum atomic E-state index is -0.384. The van der Waals surface area contributed by atoms with Gasteiger partial charge in [0.2, 0.25) is 0 Å². The van der Waals surface area contributed by atoms with Crippen LogP contribution in [-0.4, -0.2) is 14.9 Å². The maximum Gasteiger partial charge on any atom is 0.269 e. The van der Waals surface area contributed by atoms with Crippen molar-refractivity contribution in [2.75, 3.05) is 0 Å². The molecule has 0 aliphatic rings. The van der Waals surface area contributed by atoms with E-state index in [1.807, 2.05) is 18.2 Å². The van der Waals surface area contributed by atoms with Gasteiger partial charge in [-0.05, 0) is 18.1 Å². The molecule has 0 aliphatic carbocycles. The second kappa shape index (κ2) is 7.46. The van der Waals surface area contributed by atoms with Gasteiger partial charge in [0.1, 0.15) is 16.2 Å². The van der Waals surface area contributed by atoms with Crippen molar-refractivity contribution < 1.29 is 4.92 Å². The molecule has 0 amide bonds. The first-order chi connectivity index (χ1) is 13.1. The lowest BCUT2D eigenvalue weighted by molar-refractivity contribution is -0.384. The minimum absolute atomic E-state index is 0.105. The molecule has 2 aromatic carbocycles. The lowest BCUT2D eigenvalue weighted by Gasteiger charge is -2.06. The molecule has 4 rings (SSSR count). The van der Waals surface area contributed by atoms with Crippen LogP contribution in [-0.2, 0) is 5.75 Å². The summed E-state index contributed by atoms with van der Waals surface area (Å²) in [4.78, 5) is 21.6. The van der Waals surface area contributed by atoms with E-state index >= 15 is 0 Å². The molecule has 0 spiro atoms. The van der Waals surface area contributed by atoms with Gasteiger partial charge in [-0.15, -0.1) is 23.1 Å². The van der Waals surface area contributed by atoms with Crippen molar-refractivity contribution in [1.29, 1.82) is 0 Å². The first kappa shape index (κ1) is 17.6. The highest BCUT2D eigenvalue weighted by atomic mass is 32.2. The minimum Gasteiger partial charge on any atom is -0.258 e. The van der Waals surface area contributed by atoms with Gasteiger partial charge in [0.25, 0.3) is 5.69 Å². The van der Waals surface area contributed by atoms with Gasteiger partial charge < -0.3 is 0 Å². The standard InChI is InChI=1S/C20H15N3O2S2/c1-13-17(15-5-3-2-4-6-15)18-19(21-12-22-20(18)27-13)26-11-14-7-9-16(10-8-14)23(24)25/h2-10,12H,11H2,1H3. The Kier molecular flexibility index (Phi) is 4.87. The van der Waals surface area contributed by atoms with Crippen LogP contribution in [0.4, 0.5) is 5.69 Å². The molecule has 0 unspecified atom stereocenters. The third-order valence-electron chi connectivity index (χ3n) is 4.21. The summed E-state index contributed by atoms with van der Waals surface area (Å²) in [6.07, 6.45) is 1.60. The number of nitro benzene ring substituents is 1. The molecule has 0 atom stereocenters. The summed E-state index contributed by atoms with van der Waals surface area (Å²) < 4.78 is 0. The predicted octanol–water partition coefficient (Wildman–Crippen LogP) is 5.87. The Hall–Kier alpha value is -2.77. The van der Waals surface area contributed by atoms with Crippen molar-refractivity contribution in [2.24, 2.45) is 0 Å². The number of benzene rings is 2. The van der Waals surface area contributed by atoms with Crippen LogP contribution in [0.5, 0.6) is 0 Å². The van der Waals surface area contributed by atoms with Gasteiger partial charge in [-0.2, -0.15) is 0 Å². The van der Waals surface area contributed by atoms with E-state index in [9.17, 15) is 10.1 Å². The van der Waals surface area contributed by atoms with Gasteiger partial charge in [-0.3, -0.25) is 10.1 Å². The van der Waals surface area contributed by atoms with Crippen molar-refractivity contribution in [3.63, 3.8) is 0 Å². The summed E-state index contributed by atoms with van der Waals surface area (Å²) in [6.45, 7) is 2.11. The number of thioether (sulfide) groups is 1. The van der Waals surface area contributed by atoms with Crippen LogP contribution in [0.25, 0.3) is 21.3 Å². The van der Waals surface area contributed by atoms with Gasteiger partial charge in [-0.25, -0.2) is 9.97 Å². The van der Waals surface area contributed by atoms with E-state index in [0.717, 1.165) is 26.4 Å². The predicted molar refractivity (Wildman–Crippen MR) is 110 cm³/mol. The summed E-state index contributed by atoms with van der Waals surface area (Å²) in [5.41, 5.74) is 3.47. The third-order valence-corrected chi connectivity index (χ3v) is 6.29. The maximum atomic E-state index is 10.8. The monoisotopic (exact) mass is 393 g/mol. The fourth-order valence-corrected chi connectivity index (χ4v) is 4.98. The summed E-state index contributed by atoms with van der Waals surface area (Å²) in [5, 5.41) is 12.8. The Balaban J connectivity index is 1.69. The van der Waals surface area contributed by atoms with E-state index in [2.05, 4.69) is 29.0 Å². The molecular weight excluding hydrogens is 378 g/mol. The van der Waals surface area contributed by atoms with E-state index < -0.39 is 0 Å². The molecular formula is C20H15N3O2S2. The zero-order valence-electron chi connectivity index (χ0n) is 14.5. The van der Waals surface area contributed by atoms with Crippen LogP contribution in [0.2, 0.25) is 0 Å². The fourth-order valence-electron chi connectivity index (χ4n) is 2.95. The lowest BCUT2D eigenvalue weighted by Crippen LogP contribution is -1.90. The van der Waals surface area contributed by atoms with E-state index in [0.29, 0.717) is 5.75 Å². The average molecular weight is 393 g/mol. The van der Waals surface area contributed by atoms with Gasteiger partial charge in [-0.1, -0.05) is 42.5 Å². The number of rotatable bonds is 5. The number of aromatic nitrogens is 2. The molecule has 7 heteroatoms. The summed E-state index contributed by atoms with van der Waals surface area (Å²) >= 11 is 3.30. The molecule has 0 bridgehead atoms. The zero-order valence-corrected chi connectivity index (χ0v) is 16.1. The molecule has 2 heterocycles. The quantitative estimate of drug-likeness (QED) is 0.184. The molecule has 4 aromatic rings. The zero-order chi connectivity index (χ0) is 18.8. The van der Waals surface area contributed by atoms with Crippen molar-refractivity contribution in [1.82, 2.24) is 9.97 Å². The fraction of sp³-hybridized carbons (Fsp3) is 0.100. The topological polar surface area (TPSA) is 68.9 Å².